The summed E-state index contributed by atoms with van der Waals surface area (Å²) in [6.07, 6.45) is 1.08. The molecular formula is C18H19NO4S. The third-order valence-corrected chi connectivity index (χ3v) is 6.17. The monoisotopic (exact) mass is 345 g/mol. The van der Waals surface area contributed by atoms with Crippen LogP contribution in [0.25, 0.3) is 11.1 Å². The smallest absolute Gasteiger partial charge is 0.307 e. The van der Waals surface area contributed by atoms with E-state index in [2.05, 4.69) is 0 Å². The van der Waals surface area contributed by atoms with Gasteiger partial charge in [0.15, 0.2) is 0 Å². The molecule has 1 heterocycles. The molecule has 24 heavy (non-hydrogen) atoms. The highest BCUT2D eigenvalue weighted by Crippen LogP contribution is 2.27. The highest BCUT2D eigenvalue weighted by atomic mass is 32.2. The first kappa shape index (κ1) is 16.7. The first-order chi connectivity index (χ1) is 11.5. The number of aliphatic carboxylic acids is 1. The molecule has 1 atom stereocenters. The molecule has 1 saturated heterocycles. The Morgan fingerprint density at radius 3 is 2.46 bits per heavy atom. The van der Waals surface area contributed by atoms with Crippen molar-refractivity contribution in [3.05, 3.63) is 54.6 Å². The molecule has 1 N–H and O–H groups in total. The summed E-state index contributed by atoms with van der Waals surface area (Å²) in [6, 6.07) is 16.3. The predicted octanol–water partition coefficient (Wildman–Crippen LogP) is 2.84. The van der Waals surface area contributed by atoms with Crippen molar-refractivity contribution >= 4 is 16.0 Å². The van der Waals surface area contributed by atoms with Crippen molar-refractivity contribution < 1.29 is 18.3 Å². The summed E-state index contributed by atoms with van der Waals surface area (Å²) < 4.78 is 27.0. The van der Waals surface area contributed by atoms with Crippen LogP contribution < -0.4 is 0 Å². The van der Waals surface area contributed by atoms with Crippen molar-refractivity contribution in [2.75, 3.05) is 13.1 Å². The molecule has 5 nitrogen and oxygen atoms in total. The van der Waals surface area contributed by atoms with E-state index in [-0.39, 0.29) is 11.4 Å². The zero-order chi connectivity index (χ0) is 17.2. The molecule has 1 fully saturated rings. The third kappa shape index (κ3) is 3.34. The maximum absolute atomic E-state index is 12.9. The number of hydrogen-bond donors (Lipinski definition) is 1. The molecule has 3 rings (SSSR count). The molecule has 1 aliphatic heterocycles. The van der Waals surface area contributed by atoms with Crippen LogP contribution in [0.15, 0.2) is 59.5 Å². The van der Waals surface area contributed by atoms with Crippen LogP contribution >= 0.6 is 0 Å². The van der Waals surface area contributed by atoms with Crippen molar-refractivity contribution in [1.82, 2.24) is 4.31 Å². The number of sulfonamides is 1. The Labute approximate surface area is 141 Å². The van der Waals surface area contributed by atoms with Crippen molar-refractivity contribution in [3.63, 3.8) is 0 Å². The van der Waals surface area contributed by atoms with Gasteiger partial charge in [0, 0.05) is 13.1 Å². The summed E-state index contributed by atoms with van der Waals surface area (Å²) >= 11 is 0. The number of hydrogen-bond acceptors (Lipinski definition) is 3. The second kappa shape index (κ2) is 6.75. The fraction of sp³-hybridized carbons (Fsp3) is 0.278. The molecule has 1 aliphatic rings. The van der Waals surface area contributed by atoms with Gasteiger partial charge < -0.3 is 5.11 Å². The van der Waals surface area contributed by atoms with E-state index in [1.165, 1.54) is 4.31 Å². The topological polar surface area (TPSA) is 74.7 Å². The molecule has 6 heteroatoms. The molecular weight excluding hydrogens is 326 g/mol. The Hall–Kier alpha value is -2.18. The zero-order valence-electron chi connectivity index (χ0n) is 13.1. The molecule has 2 aromatic rings. The molecule has 0 aliphatic carbocycles. The zero-order valence-corrected chi connectivity index (χ0v) is 13.9. The first-order valence-corrected chi connectivity index (χ1v) is 9.31. The summed E-state index contributed by atoms with van der Waals surface area (Å²) in [7, 11) is -3.69. The normalized spacial score (nSPS) is 19.1. The van der Waals surface area contributed by atoms with E-state index in [0.717, 1.165) is 11.1 Å². The Morgan fingerprint density at radius 1 is 1.04 bits per heavy atom. The SMILES string of the molecule is O=C(O)C1CCCN(S(=O)(=O)c2cccc(-c3ccccc3)c2)C1. The average Bonchev–Trinajstić information content (AvgIpc) is 2.62. The highest BCUT2D eigenvalue weighted by molar-refractivity contribution is 7.89. The summed E-state index contributed by atoms with van der Waals surface area (Å²) in [6.45, 7) is 0.398. The van der Waals surface area contributed by atoms with E-state index in [0.29, 0.717) is 19.4 Å². The van der Waals surface area contributed by atoms with Gasteiger partial charge in [-0.2, -0.15) is 4.31 Å². The van der Waals surface area contributed by atoms with Gasteiger partial charge in [-0.1, -0.05) is 42.5 Å². The maximum Gasteiger partial charge on any atom is 0.307 e. The van der Waals surface area contributed by atoms with Crippen LogP contribution in [0.5, 0.6) is 0 Å². The lowest BCUT2D eigenvalue weighted by atomic mass is 10.0. The van der Waals surface area contributed by atoms with E-state index < -0.39 is 21.9 Å². The summed E-state index contributed by atoms with van der Waals surface area (Å²) in [4.78, 5) is 11.4. The van der Waals surface area contributed by atoms with Crippen LogP contribution in [0.2, 0.25) is 0 Å². The molecule has 0 aromatic heterocycles. The van der Waals surface area contributed by atoms with E-state index in [1.54, 1.807) is 18.2 Å². The van der Waals surface area contributed by atoms with E-state index in [1.807, 2.05) is 36.4 Å². The molecule has 0 bridgehead atoms. The van der Waals surface area contributed by atoms with Gasteiger partial charge in [0.05, 0.1) is 10.8 Å². The molecule has 1 unspecified atom stereocenters. The number of carbonyl (C=O) groups is 1. The number of carboxylic acid groups (broad SMARTS) is 1. The summed E-state index contributed by atoms with van der Waals surface area (Å²) in [5, 5.41) is 9.16. The molecule has 0 saturated carbocycles. The minimum Gasteiger partial charge on any atom is -0.481 e. The van der Waals surface area contributed by atoms with Crippen LogP contribution in [0.4, 0.5) is 0 Å². The predicted molar refractivity (Wildman–Crippen MR) is 91.0 cm³/mol. The van der Waals surface area contributed by atoms with Crippen LogP contribution in [-0.2, 0) is 14.8 Å². The van der Waals surface area contributed by atoms with E-state index in [4.69, 9.17) is 5.11 Å². The van der Waals surface area contributed by atoms with Gasteiger partial charge in [0.1, 0.15) is 0 Å². The number of carboxylic acids is 1. The van der Waals surface area contributed by atoms with Gasteiger partial charge in [-0.05, 0) is 36.1 Å². The van der Waals surface area contributed by atoms with Crippen molar-refractivity contribution in [1.29, 1.82) is 0 Å². The van der Waals surface area contributed by atoms with Gasteiger partial charge in [-0.15, -0.1) is 0 Å². The van der Waals surface area contributed by atoms with Crippen LogP contribution in [0, 0.1) is 5.92 Å². The van der Waals surface area contributed by atoms with Gasteiger partial charge in [0.2, 0.25) is 10.0 Å². The van der Waals surface area contributed by atoms with E-state index in [9.17, 15) is 13.2 Å². The summed E-state index contributed by atoms with van der Waals surface area (Å²) in [5.74, 6) is -1.57. The van der Waals surface area contributed by atoms with Crippen molar-refractivity contribution in [2.45, 2.75) is 17.7 Å². The number of benzene rings is 2. The van der Waals surface area contributed by atoms with Gasteiger partial charge in [-0.3, -0.25) is 4.79 Å². The minimum atomic E-state index is -3.69. The second-order valence-corrected chi connectivity index (χ2v) is 7.87. The minimum absolute atomic E-state index is 0.0350. The standard InChI is InChI=1S/C18H19NO4S/c20-18(21)16-9-5-11-19(13-16)24(22,23)17-10-4-8-15(12-17)14-6-2-1-3-7-14/h1-4,6-8,10,12,16H,5,9,11,13H2,(H,20,21). The lowest BCUT2D eigenvalue weighted by molar-refractivity contribution is -0.142. The molecule has 0 radical (unpaired) electrons. The maximum atomic E-state index is 12.9. The molecule has 2 aromatic carbocycles. The Kier molecular flexibility index (Phi) is 4.69. The van der Waals surface area contributed by atoms with E-state index >= 15 is 0 Å². The largest absolute Gasteiger partial charge is 0.481 e. The van der Waals surface area contributed by atoms with Crippen LogP contribution in [0.1, 0.15) is 12.8 Å². The summed E-state index contributed by atoms with van der Waals surface area (Å²) in [5.41, 5.74) is 1.76. The lowest BCUT2D eigenvalue weighted by Gasteiger charge is -2.29. The van der Waals surface area contributed by atoms with Crippen molar-refractivity contribution in [3.8, 4) is 11.1 Å². The average molecular weight is 345 g/mol. The molecule has 0 amide bonds. The highest BCUT2D eigenvalue weighted by Gasteiger charge is 2.33. The third-order valence-electron chi connectivity index (χ3n) is 4.31. The Bertz CT molecular complexity index is 833. The Balaban J connectivity index is 1.91. The number of nitrogens with zero attached hydrogens (tertiary/aromatic N) is 1. The number of rotatable bonds is 4. The Morgan fingerprint density at radius 2 is 1.75 bits per heavy atom. The van der Waals surface area contributed by atoms with Crippen molar-refractivity contribution in [2.24, 2.45) is 5.92 Å². The fourth-order valence-electron chi connectivity index (χ4n) is 2.98. The van der Waals surface area contributed by atoms with Crippen LogP contribution in [0.3, 0.4) is 0 Å². The van der Waals surface area contributed by atoms with Gasteiger partial charge >= 0.3 is 5.97 Å². The van der Waals surface area contributed by atoms with Gasteiger partial charge in [-0.25, -0.2) is 8.42 Å². The lowest BCUT2D eigenvalue weighted by Crippen LogP contribution is -2.42. The first-order valence-electron chi connectivity index (χ1n) is 7.87. The quantitative estimate of drug-likeness (QED) is 0.924. The van der Waals surface area contributed by atoms with Gasteiger partial charge in [0.25, 0.3) is 0 Å². The van der Waals surface area contributed by atoms with Crippen LogP contribution in [-0.4, -0.2) is 36.9 Å². The number of piperidine rings is 1. The fourth-order valence-corrected chi connectivity index (χ4v) is 4.55. The molecule has 0 spiro atoms. The molecule has 126 valence electrons. The second-order valence-electron chi connectivity index (χ2n) is 5.93.